The number of benzene rings is 3. The van der Waals surface area contributed by atoms with E-state index in [1.165, 1.54) is 0 Å². The van der Waals surface area contributed by atoms with Crippen molar-refractivity contribution in [1.82, 2.24) is 0 Å². The predicted molar refractivity (Wildman–Crippen MR) is 121 cm³/mol. The number of fused-ring (bicyclic) bond motifs is 2. The molecule has 0 spiro atoms. The summed E-state index contributed by atoms with van der Waals surface area (Å²) in [5.41, 5.74) is 1.56. The van der Waals surface area contributed by atoms with Gasteiger partial charge in [-0.3, -0.25) is 0 Å². The second kappa shape index (κ2) is 9.55. The first-order valence-electron chi connectivity index (χ1n) is 10.6. The van der Waals surface area contributed by atoms with Crippen LogP contribution in [0, 0.1) is 0 Å². The van der Waals surface area contributed by atoms with Gasteiger partial charge in [-0.05, 0) is 23.3 Å². The Labute approximate surface area is 187 Å². The van der Waals surface area contributed by atoms with Gasteiger partial charge in [0.2, 0.25) is 0 Å². The molecule has 0 saturated carbocycles. The Kier molecular flexibility index (Phi) is 6.39. The minimum Gasteiger partial charge on any atom is -0.374 e. The van der Waals surface area contributed by atoms with Gasteiger partial charge in [-0.15, -0.1) is 0 Å². The highest BCUT2D eigenvalue weighted by molar-refractivity contribution is 7.99. The molecule has 2 bridgehead atoms. The summed E-state index contributed by atoms with van der Waals surface area (Å²) >= 11 is 1.69. The molecule has 0 amide bonds. The van der Waals surface area contributed by atoms with Crippen LogP contribution in [-0.2, 0) is 32.2 Å². The number of thioether (sulfide) groups is 1. The van der Waals surface area contributed by atoms with Gasteiger partial charge in [-0.2, -0.15) is 0 Å². The van der Waals surface area contributed by atoms with Crippen molar-refractivity contribution < 1.29 is 18.9 Å². The van der Waals surface area contributed by atoms with Gasteiger partial charge in [0.25, 0.3) is 0 Å². The number of ether oxygens (including phenoxy) is 4. The highest BCUT2D eigenvalue weighted by Crippen LogP contribution is 2.47. The van der Waals surface area contributed by atoms with Gasteiger partial charge in [0, 0.05) is 4.90 Å². The summed E-state index contributed by atoms with van der Waals surface area (Å²) in [7, 11) is 0. The fourth-order valence-electron chi connectivity index (χ4n) is 4.13. The van der Waals surface area contributed by atoms with Crippen LogP contribution in [0.1, 0.15) is 11.1 Å². The van der Waals surface area contributed by atoms with Crippen molar-refractivity contribution in [3.05, 3.63) is 102 Å². The lowest BCUT2D eigenvalue weighted by Crippen LogP contribution is -2.46. The van der Waals surface area contributed by atoms with Crippen LogP contribution in [0.5, 0.6) is 0 Å². The van der Waals surface area contributed by atoms with E-state index in [1.54, 1.807) is 11.8 Å². The monoisotopic (exact) mass is 434 g/mol. The maximum absolute atomic E-state index is 6.58. The van der Waals surface area contributed by atoms with E-state index in [-0.39, 0.29) is 17.6 Å². The van der Waals surface area contributed by atoms with E-state index in [1.807, 2.05) is 54.6 Å². The summed E-state index contributed by atoms with van der Waals surface area (Å²) in [6.07, 6.45) is -0.307. The zero-order valence-corrected chi connectivity index (χ0v) is 18.1. The lowest BCUT2D eigenvalue weighted by molar-refractivity contribution is -0.152. The van der Waals surface area contributed by atoms with Gasteiger partial charge >= 0.3 is 0 Å². The normalized spacial score (nSPS) is 26.9. The standard InChI is InChI=1S/C26H26O4S/c1-4-10-20(11-5-1)16-27-18-26-19-29-23(24(26)28-17-21-12-6-2-7-13-21)25(30-26)31-22-14-8-3-9-15-22/h1-15,23-25H,16-19H2/t23-,24+,25-,26+/m1/s1. The van der Waals surface area contributed by atoms with Crippen molar-refractivity contribution in [3.63, 3.8) is 0 Å². The molecule has 2 aliphatic rings. The summed E-state index contributed by atoms with van der Waals surface area (Å²) in [6.45, 7) is 1.98. The van der Waals surface area contributed by atoms with Gasteiger partial charge in [-0.1, -0.05) is 90.6 Å². The average Bonchev–Trinajstić information content (AvgIpc) is 3.31. The first-order chi connectivity index (χ1) is 15.3. The molecule has 5 heteroatoms. The fraction of sp³-hybridized carbons (Fsp3) is 0.308. The van der Waals surface area contributed by atoms with Crippen molar-refractivity contribution >= 4 is 11.8 Å². The lowest BCUT2D eigenvalue weighted by atomic mass is 10.0. The van der Waals surface area contributed by atoms with Gasteiger partial charge in [-0.25, -0.2) is 0 Å². The van der Waals surface area contributed by atoms with E-state index in [0.717, 1.165) is 16.0 Å². The summed E-state index contributed by atoms with van der Waals surface area (Å²) in [5.74, 6) is 0. The van der Waals surface area contributed by atoms with Crippen LogP contribution in [0.2, 0.25) is 0 Å². The number of hydrogen-bond donors (Lipinski definition) is 0. The van der Waals surface area contributed by atoms with E-state index in [4.69, 9.17) is 18.9 Å². The molecular weight excluding hydrogens is 408 g/mol. The van der Waals surface area contributed by atoms with Crippen LogP contribution < -0.4 is 0 Å². The molecule has 3 aromatic carbocycles. The molecule has 2 heterocycles. The molecule has 2 fully saturated rings. The van der Waals surface area contributed by atoms with Crippen LogP contribution in [0.4, 0.5) is 0 Å². The molecule has 160 valence electrons. The Balaban J connectivity index is 1.30. The quantitative estimate of drug-likeness (QED) is 0.470. The van der Waals surface area contributed by atoms with Crippen molar-refractivity contribution in [3.8, 4) is 0 Å². The summed E-state index contributed by atoms with van der Waals surface area (Å²) in [4.78, 5) is 1.16. The Bertz CT molecular complexity index is 953. The van der Waals surface area contributed by atoms with E-state index >= 15 is 0 Å². The van der Waals surface area contributed by atoms with Crippen molar-refractivity contribution in [2.45, 2.75) is 41.4 Å². The Morgan fingerprint density at radius 1 is 0.806 bits per heavy atom. The number of hydrogen-bond acceptors (Lipinski definition) is 5. The van der Waals surface area contributed by atoms with Crippen LogP contribution in [0.15, 0.2) is 95.9 Å². The topological polar surface area (TPSA) is 36.9 Å². The van der Waals surface area contributed by atoms with E-state index < -0.39 is 5.60 Å². The summed E-state index contributed by atoms with van der Waals surface area (Å²) in [6, 6.07) is 30.7. The molecule has 0 aromatic heterocycles. The first-order valence-corrected chi connectivity index (χ1v) is 11.5. The molecule has 5 rings (SSSR count). The average molecular weight is 435 g/mol. The molecule has 2 aliphatic heterocycles. The van der Waals surface area contributed by atoms with Crippen molar-refractivity contribution in [1.29, 1.82) is 0 Å². The van der Waals surface area contributed by atoms with Gasteiger partial charge < -0.3 is 18.9 Å². The van der Waals surface area contributed by atoms with Crippen molar-refractivity contribution in [2.75, 3.05) is 13.2 Å². The molecule has 3 aromatic rings. The number of rotatable bonds is 9. The Morgan fingerprint density at radius 3 is 2.10 bits per heavy atom. The van der Waals surface area contributed by atoms with Crippen LogP contribution in [0.25, 0.3) is 0 Å². The molecule has 31 heavy (non-hydrogen) atoms. The minimum absolute atomic E-state index is 0.128. The Morgan fingerprint density at radius 2 is 1.42 bits per heavy atom. The predicted octanol–water partition coefficient (Wildman–Crippen LogP) is 5.07. The Hall–Kier alpha value is -2.15. The molecule has 0 unspecified atom stereocenters. The zero-order valence-electron chi connectivity index (χ0n) is 17.3. The van der Waals surface area contributed by atoms with Crippen LogP contribution in [0.3, 0.4) is 0 Å². The lowest BCUT2D eigenvalue weighted by Gasteiger charge is -2.31. The van der Waals surface area contributed by atoms with Gasteiger partial charge in [0.1, 0.15) is 23.2 Å². The SMILES string of the molecule is c1ccc(COC[C@@]23CO[C@@H]([C@@H](Sc4ccccc4)O2)[C@@H]3OCc2ccccc2)cc1. The van der Waals surface area contributed by atoms with Gasteiger partial charge in [0.15, 0.2) is 0 Å². The molecule has 4 nitrogen and oxygen atoms in total. The first kappa shape index (κ1) is 20.7. The molecular formula is C26H26O4S. The third-order valence-corrected chi connectivity index (χ3v) is 6.82. The summed E-state index contributed by atoms with van der Waals surface area (Å²) < 4.78 is 25.3. The molecule has 4 atom stereocenters. The fourth-order valence-corrected chi connectivity index (χ4v) is 5.31. The van der Waals surface area contributed by atoms with E-state index in [0.29, 0.717) is 26.4 Å². The molecule has 0 radical (unpaired) electrons. The highest BCUT2D eigenvalue weighted by atomic mass is 32.2. The summed E-state index contributed by atoms with van der Waals surface area (Å²) in [5, 5.41) is 0. The molecule has 0 aliphatic carbocycles. The zero-order chi connectivity index (χ0) is 20.9. The van der Waals surface area contributed by atoms with Crippen LogP contribution >= 0.6 is 11.8 Å². The third kappa shape index (κ3) is 4.71. The van der Waals surface area contributed by atoms with Crippen LogP contribution in [-0.4, -0.2) is 36.5 Å². The third-order valence-electron chi connectivity index (χ3n) is 5.68. The smallest absolute Gasteiger partial charge is 0.145 e. The van der Waals surface area contributed by atoms with E-state index in [9.17, 15) is 0 Å². The molecule has 2 saturated heterocycles. The minimum atomic E-state index is -0.597. The van der Waals surface area contributed by atoms with Crippen molar-refractivity contribution in [2.24, 2.45) is 0 Å². The second-order valence-corrected chi connectivity index (χ2v) is 9.12. The largest absolute Gasteiger partial charge is 0.374 e. The molecule has 0 N–H and O–H groups in total. The van der Waals surface area contributed by atoms with Gasteiger partial charge in [0.05, 0.1) is 26.4 Å². The maximum Gasteiger partial charge on any atom is 0.145 e. The second-order valence-electron chi connectivity index (χ2n) is 7.95. The highest BCUT2D eigenvalue weighted by Gasteiger charge is 2.62. The maximum atomic E-state index is 6.58. The van der Waals surface area contributed by atoms with E-state index in [2.05, 4.69) is 36.4 Å².